The maximum absolute atomic E-state index is 11.8. The Morgan fingerprint density at radius 1 is 1.13 bits per heavy atom. The van der Waals surface area contributed by atoms with Crippen LogP contribution in [0.15, 0.2) is 57.7 Å². The lowest BCUT2D eigenvalue weighted by Crippen LogP contribution is -2.14. The van der Waals surface area contributed by atoms with Crippen molar-refractivity contribution in [2.24, 2.45) is 0 Å². The normalized spacial score (nSPS) is 12.3. The van der Waals surface area contributed by atoms with Crippen molar-refractivity contribution >= 4 is 39.9 Å². The second-order valence-corrected chi connectivity index (χ2v) is 5.84. The van der Waals surface area contributed by atoms with Gasteiger partial charge in [-0.15, -0.1) is 0 Å². The molecule has 2 aromatic carbocycles. The van der Waals surface area contributed by atoms with Gasteiger partial charge < -0.3 is 14.8 Å². The van der Waals surface area contributed by atoms with Gasteiger partial charge >= 0.3 is 5.63 Å². The van der Waals surface area contributed by atoms with E-state index in [1.807, 2.05) is 30.3 Å². The fourth-order valence-electron chi connectivity index (χ4n) is 2.32. The molecule has 0 amide bonds. The highest BCUT2D eigenvalue weighted by molar-refractivity contribution is 6.35. The SMILES string of the molecule is O=c1oc2ccc(Cl)cc2c(NCC(O)c2ccccc2)c1Cl. The second-order valence-electron chi connectivity index (χ2n) is 5.03. The standard InChI is InChI=1S/C17H13Cl2NO3/c18-11-6-7-14-12(8-11)16(15(19)17(22)23-14)20-9-13(21)10-4-2-1-3-5-10/h1-8,13,20-21H,9H2. The molecule has 0 saturated heterocycles. The Bertz CT molecular complexity index is 893. The zero-order valence-corrected chi connectivity index (χ0v) is 13.4. The summed E-state index contributed by atoms with van der Waals surface area (Å²) in [6.07, 6.45) is -0.742. The van der Waals surface area contributed by atoms with Crippen LogP contribution in [0.1, 0.15) is 11.7 Å². The number of aliphatic hydroxyl groups excluding tert-OH is 1. The third kappa shape index (κ3) is 3.34. The molecule has 4 nitrogen and oxygen atoms in total. The Balaban J connectivity index is 1.94. The molecule has 0 aliphatic carbocycles. The number of nitrogens with one attached hydrogen (secondary N) is 1. The van der Waals surface area contributed by atoms with Crippen LogP contribution in [0.2, 0.25) is 10.0 Å². The molecule has 1 atom stereocenters. The molecule has 1 heterocycles. The van der Waals surface area contributed by atoms with Gasteiger partial charge in [-0.2, -0.15) is 0 Å². The van der Waals surface area contributed by atoms with Crippen LogP contribution in [-0.2, 0) is 0 Å². The van der Waals surface area contributed by atoms with Gasteiger partial charge in [0.1, 0.15) is 10.6 Å². The quantitative estimate of drug-likeness (QED) is 0.691. The second kappa shape index (κ2) is 6.62. The molecule has 0 fully saturated rings. The molecule has 0 bridgehead atoms. The van der Waals surface area contributed by atoms with Crippen molar-refractivity contribution in [1.29, 1.82) is 0 Å². The molecule has 6 heteroatoms. The average Bonchev–Trinajstić information content (AvgIpc) is 2.56. The summed E-state index contributed by atoms with van der Waals surface area (Å²) in [7, 11) is 0. The number of hydrogen-bond acceptors (Lipinski definition) is 4. The molecular weight excluding hydrogens is 337 g/mol. The Kier molecular flexibility index (Phi) is 4.57. The molecule has 1 aromatic heterocycles. The van der Waals surface area contributed by atoms with E-state index in [9.17, 15) is 9.90 Å². The van der Waals surface area contributed by atoms with Crippen LogP contribution < -0.4 is 10.9 Å². The monoisotopic (exact) mass is 349 g/mol. The van der Waals surface area contributed by atoms with E-state index in [4.69, 9.17) is 27.6 Å². The van der Waals surface area contributed by atoms with E-state index < -0.39 is 11.7 Å². The maximum Gasteiger partial charge on any atom is 0.357 e. The molecule has 2 N–H and O–H groups in total. The first-order valence-electron chi connectivity index (χ1n) is 6.95. The highest BCUT2D eigenvalue weighted by atomic mass is 35.5. The van der Waals surface area contributed by atoms with E-state index in [-0.39, 0.29) is 11.6 Å². The van der Waals surface area contributed by atoms with Gasteiger partial charge in [0, 0.05) is 17.0 Å². The number of aliphatic hydroxyl groups is 1. The molecule has 0 saturated carbocycles. The van der Waals surface area contributed by atoms with E-state index in [0.29, 0.717) is 21.7 Å². The van der Waals surface area contributed by atoms with Crippen molar-refractivity contribution in [2.75, 3.05) is 11.9 Å². The first-order valence-corrected chi connectivity index (χ1v) is 7.70. The van der Waals surface area contributed by atoms with Gasteiger partial charge in [-0.3, -0.25) is 0 Å². The van der Waals surface area contributed by atoms with Crippen LogP contribution in [-0.4, -0.2) is 11.7 Å². The van der Waals surface area contributed by atoms with Crippen molar-refractivity contribution < 1.29 is 9.52 Å². The summed E-state index contributed by atoms with van der Waals surface area (Å²) >= 11 is 12.1. The zero-order chi connectivity index (χ0) is 16.4. The van der Waals surface area contributed by atoms with Crippen LogP contribution in [0.3, 0.4) is 0 Å². The molecule has 118 valence electrons. The molecule has 0 aliphatic heterocycles. The van der Waals surface area contributed by atoms with Gasteiger partial charge in [-0.1, -0.05) is 53.5 Å². The molecule has 3 aromatic rings. The van der Waals surface area contributed by atoms with Crippen LogP contribution >= 0.6 is 23.2 Å². The molecule has 0 radical (unpaired) electrons. The van der Waals surface area contributed by atoms with Crippen molar-refractivity contribution in [3.63, 3.8) is 0 Å². The van der Waals surface area contributed by atoms with Crippen LogP contribution in [0.25, 0.3) is 11.0 Å². The van der Waals surface area contributed by atoms with Gasteiger partial charge in [0.25, 0.3) is 0 Å². The average molecular weight is 350 g/mol. The lowest BCUT2D eigenvalue weighted by Gasteiger charge is -2.15. The van der Waals surface area contributed by atoms with E-state index in [2.05, 4.69) is 5.32 Å². The number of fused-ring (bicyclic) bond motifs is 1. The van der Waals surface area contributed by atoms with Gasteiger partial charge in [0.05, 0.1) is 11.8 Å². The molecule has 0 spiro atoms. The summed E-state index contributed by atoms with van der Waals surface area (Å²) in [5.41, 5.74) is 0.899. The molecule has 1 unspecified atom stereocenters. The van der Waals surface area contributed by atoms with Gasteiger partial charge in [0.2, 0.25) is 0 Å². The zero-order valence-electron chi connectivity index (χ0n) is 11.9. The summed E-state index contributed by atoms with van der Waals surface area (Å²) < 4.78 is 5.13. The highest BCUT2D eigenvalue weighted by Gasteiger charge is 2.15. The van der Waals surface area contributed by atoms with E-state index in [1.165, 1.54) is 0 Å². The van der Waals surface area contributed by atoms with Gasteiger partial charge in [-0.05, 0) is 23.8 Å². The van der Waals surface area contributed by atoms with Gasteiger partial charge in [-0.25, -0.2) is 4.79 Å². The first kappa shape index (κ1) is 15.9. The largest absolute Gasteiger partial charge is 0.422 e. The third-order valence-electron chi connectivity index (χ3n) is 3.47. The maximum atomic E-state index is 11.8. The number of anilines is 1. The smallest absolute Gasteiger partial charge is 0.357 e. The van der Waals surface area contributed by atoms with Crippen LogP contribution in [0, 0.1) is 0 Å². The minimum atomic E-state index is -0.742. The lowest BCUT2D eigenvalue weighted by atomic mass is 10.1. The minimum absolute atomic E-state index is 0.0694. The predicted molar refractivity (Wildman–Crippen MR) is 92.4 cm³/mol. The van der Waals surface area contributed by atoms with Crippen molar-refractivity contribution in [3.05, 3.63) is 74.6 Å². The summed E-state index contributed by atoms with van der Waals surface area (Å²) in [6, 6.07) is 14.1. The fourth-order valence-corrected chi connectivity index (χ4v) is 2.70. The summed E-state index contributed by atoms with van der Waals surface area (Å²) in [5.74, 6) is 0. The van der Waals surface area contributed by atoms with Crippen LogP contribution in [0.4, 0.5) is 5.69 Å². The number of hydrogen-bond donors (Lipinski definition) is 2. The van der Waals surface area contributed by atoms with Crippen molar-refractivity contribution in [3.8, 4) is 0 Å². The topological polar surface area (TPSA) is 62.5 Å². The van der Waals surface area contributed by atoms with Crippen LogP contribution in [0.5, 0.6) is 0 Å². The molecule has 23 heavy (non-hydrogen) atoms. The molecule has 0 aliphatic rings. The lowest BCUT2D eigenvalue weighted by molar-refractivity contribution is 0.191. The van der Waals surface area contributed by atoms with Crippen molar-refractivity contribution in [1.82, 2.24) is 0 Å². The molecule has 3 rings (SSSR count). The van der Waals surface area contributed by atoms with Crippen molar-refractivity contribution in [2.45, 2.75) is 6.10 Å². The predicted octanol–water partition coefficient (Wildman–Crippen LogP) is 4.25. The highest BCUT2D eigenvalue weighted by Crippen LogP contribution is 2.31. The first-order chi connectivity index (χ1) is 11.1. The Morgan fingerprint density at radius 2 is 1.87 bits per heavy atom. The van der Waals surface area contributed by atoms with E-state index >= 15 is 0 Å². The number of benzene rings is 2. The van der Waals surface area contributed by atoms with E-state index in [0.717, 1.165) is 5.56 Å². The Labute approximate surface area is 142 Å². The number of rotatable bonds is 4. The summed E-state index contributed by atoms with van der Waals surface area (Å²) in [4.78, 5) is 11.8. The summed E-state index contributed by atoms with van der Waals surface area (Å²) in [5, 5.41) is 14.3. The van der Waals surface area contributed by atoms with Gasteiger partial charge in [0.15, 0.2) is 0 Å². The molecular formula is C17H13Cl2NO3. The fraction of sp³-hybridized carbons (Fsp3) is 0.118. The summed E-state index contributed by atoms with van der Waals surface area (Å²) in [6.45, 7) is 0.189. The third-order valence-corrected chi connectivity index (χ3v) is 4.05. The Hall–Kier alpha value is -2.01. The number of halogens is 2. The Morgan fingerprint density at radius 3 is 2.61 bits per heavy atom. The van der Waals surface area contributed by atoms with E-state index in [1.54, 1.807) is 18.2 Å². The minimum Gasteiger partial charge on any atom is -0.422 e.